The molecule has 1 amide bonds. The number of methoxy groups -OCH3 is 1. The molecular formula is C18H22N2O4S. The number of para-hydroxylation sites is 1. The van der Waals surface area contributed by atoms with E-state index in [0.717, 1.165) is 18.5 Å². The van der Waals surface area contributed by atoms with Crippen molar-refractivity contribution in [2.75, 3.05) is 25.5 Å². The lowest BCUT2D eigenvalue weighted by molar-refractivity contribution is -0.117. The van der Waals surface area contributed by atoms with Gasteiger partial charge in [0.2, 0.25) is 5.91 Å². The van der Waals surface area contributed by atoms with Crippen LogP contribution in [0.15, 0.2) is 35.7 Å². The number of aromatic hydroxyl groups is 1. The maximum atomic E-state index is 12.4. The molecule has 2 rings (SSSR count). The van der Waals surface area contributed by atoms with Crippen LogP contribution in [0.5, 0.6) is 5.75 Å². The van der Waals surface area contributed by atoms with Gasteiger partial charge in [-0.15, -0.1) is 11.3 Å². The van der Waals surface area contributed by atoms with Gasteiger partial charge in [-0.2, -0.15) is 0 Å². The van der Waals surface area contributed by atoms with Crippen molar-refractivity contribution in [3.05, 3.63) is 46.2 Å². The number of ether oxygens (including phenoxy) is 1. The van der Waals surface area contributed by atoms with Gasteiger partial charge in [-0.1, -0.05) is 25.1 Å². The molecule has 0 atom stereocenters. The number of hydrogen-bond acceptors (Lipinski definition) is 6. The van der Waals surface area contributed by atoms with Crippen molar-refractivity contribution >= 4 is 28.9 Å². The third kappa shape index (κ3) is 5.30. The summed E-state index contributed by atoms with van der Waals surface area (Å²) in [7, 11) is 1.31. The van der Waals surface area contributed by atoms with Crippen LogP contribution >= 0.6 is 11.3 Å². The van der Waals surface area contributed by atoms with E-state index in [4.69, 9.17) is 4.74 Å². The average molecular weight is 362 g/mol. The smallest absolute Gasteiger partial charge is 0.350 e. The minimum Gasteiger partial charge on any atom is -0.508 e. The SMILES string of the molecule is CCCN(CC(=O)Nc1ccsc1C(=O)OC)Cc1ccccc1O. The topological polar surface area (TPSA) is 78.9 Å². The van der Waals surface area contributed by atoms with Crippen molar-refractivity contribution in [1.29, 1.82) is 0 Å². The minimum atomic E-state index is -0.468. The molecular weight excluding hydrogens is 340 g/mol. The van der Waals surface area contributed by atoms with Crippen LogP contribution in [-0.2, 0) is 16.1 Å². The van der Waals surface area contributed by atoms with Crippen LogP contribution < -0.4 is 5.32 Å². The molecule has 0 aliphatic rings. The van der Waals surface area contributed by atoms with Crippen molar-refractivity contribution in [1.82, 2.24) is 4.90 Å². The van der Waals surface area contributed by atoms with Crippen molar-refractivity contribution in [3.63, 3.8) is 0 Å². The molecule has 2 N–H and O–H groups in total. The molecule has 1 aromatic carbocycles. The number of esters is 1. The molecule has 2 aromatic rings. The van der Waals surface area contributed by atoms with Crippen molar-refractivity contribution in [2.45, 2.75) is 19.9 Å². The quantitative estimate of drug-likeness (QED) is 0.706. The van der Waals surface area contributed by atoms with Crippen LogP contribution in [0.4, 0.5) is 5.69 Å². The van der Waals surface area contributed by atoms with Gasteiger partial charge < -0.3 is 15.2 Å². The maximum Gasteiger partial charge on any atom is 0.350 e. The Morgan fingerprint density at radius 1 is 1.28 bits per heavy atom. The number of phenols is 1. The van der Waals surface area contributed by atoms with Gasteiger partial charge in [0, 0.05) is 12.1 Å². The molecule has 0 aliphatic carbocycles. The highest BCUT2D eigenvalue weighted by molar-refractivity contribution is 7.12. The van der Waals surface area contributed by atoms with Crippen molar-refractivity contribution < 1.29 is 19.4 Å². The first-order valence-electron chi connectivity index (χ1n) is 8.00. The molecule has 0 radical (unpaired) electrons. The number of anilines is 1. The molecule has 0 saturated heterocycles. The summed E-state index contributed by atoms with van der Waals surface area (Å²) in [4.78, 5) is 26.4. The van der Waals surface area contributed by atoms with E-state index in [2.05, 4.69) is 5.32 Å². The molecule has 0 aliphatic heterocycles. The summed E-state index contributed by atoms with van der Waals surface area (Å²) in [6, 6.07) is 8.77. The van der Waals surface area contributed by atoms with Crippen LogP contribution in [0.2, 0.25) is 0 Å². The van der Waals surface area contributed by atoms with Crippen LogP contribution in [0, 0.1) is 0 Å². The Morgan fingerprint density at radius 2 is 2.04 bits per heavy atom. The minimum absolute atomic E-state index is 0.165. The van der Waals surface area contributed by atoms with Gasteiger partial charge in [0.25, 0.3) is 0 Å². The summed E-state index contributed by atoms with van der Waals surface area (Å²) >= 11 is 1.22. The fraction of sp³-hybridized carbons (Fsp3) is 0.333. The lowest BCUT2D eigenvalue weighted by Crippen LogP contribution is -2.33. The lowest BCUT2D eigenvalue weighted by Gasteiger charge is -2.21. The number of carbonyl (C=O) groups is 2. The van der Waals surface area contributed by atoms with E-state index >= 15 is 0 Å². The van der Waals surface area contributed by atoms with E-state index in [-0.39, 0.29) is 18.2 Å². The lowest BCUT2D eigenvalue weighted by atomic mass is 10.2. The Balaban J connectivity index is 2.02. The summed E-state index contributed by atoms with van der Waals surface area (Å²) in [6.45, 7) is 3.39. The molecule has 0 spiro atoms. The zero-order chi connectivity index (χ0) is 18.2. The average Bonchev–Trinajstić information content (AvgIpc) is 3.04. The standard InChI is InChI=1S/C18H22N2O4S/c1-3-9-20(11-13-6-4-5-7-15(13)21)12-16(22)19-14-8-10-25-17(14)18(23)24-2/h4-8,10,21H,3,9,11-12H2,1-2H3,(H,19,22). The molecule has 6 nitrogen and oxygen atoms in total. The predicted octanol–water partition coefficient (Wildman–Crippen LogP) is 3.09. The number of nitrogens with zero attached hydrogens (tertiary/aromatic N) is 1. The highest BCUT2D eigenvalue weighted by Gasteiger charge is 2.17. The monoisotopic (exact) mass is 362 g/mol. The van der Waals surface area contributed by atoms with Gasteiger partial charge in [0.15, 0.2) is 0 Å². The van der Waals surface area contributed by atoms with E-state index in [1.165, 1.54) is 18.4 Å². The van der Waals surface area contributed by atoms with Gasteiger partial charge in [0.1, 0.15) is 10.6 Å². The van der Waals surface area contributed by atoms with E-state index in [0.29, 0.717) is 17.1 Å². The van der Waals surface area contributed by atoms with Crippen LogP contribution in [0.3, 0.4) is 0 Å². The molecule has 7 heteroatoms. The van der Waals surface area contributed by atoms with Crippen LogP contribution in [-0.4, -0.2) is 42.1 Å². The Bertz CT molecular complexity index is 729. The van der Waals surface area contributed by atoms with Gasteiger partial charge in [-0.05, 0) is 30.5 Å². The highest BCUT2D eigenvalue weighted by Crippen LogP contribution is 2.23. The van der Waals surface area contributed by atoms with Crippen molar-refractivity contribution in [3.8, 4) is 5.75 Å². The molecule has 0 bridgehead atoms. The summed E-state index contributed by atoms with van der Waals surface area (Å²) < 4.78 is 4.71. The van der Waals surface area contributed by atoms with Crippen molar-refractivity contribution in [2.24, 2.45) is 0 Å². The second-order valence-corrected chi connectivity index (χ2v) is 6.46. The fourth-order valence-corrected chi connectivity index (χ4v) is 3.23. The zero-order valence-electron chi connectivity index (χ0n) is 14.3. The van der Waals surface area contributed by atoms with E-state index in [1.54, 1.807) is 23.6 Å². The Morgan fingerprint density at radius 3 is 2.72 bits per heavy atom. The number of amides is 1. The molecule has 1 aromatic heterocycles. The number of thiophene rings is 1. The Hall–Kier alpha value is -2.38. The Labute approximate surface area is 151 Å². The molecule has 25 heavy (non-hydrogen) atoms. The zero-order valence-corrected chi connectivity index (χ0v) is 15.1. The van der Waals surface area contributed by atoms with Gasteiger partial charge >= 0.3 is 5.97 Å². The predicted molar refractivity (Wildman–Crippen MR) is 98.0 cm³/mol. The van der Waals surface area contributed by atoms with E-state index < -0.39 is 5.97 Å². The number of carbonyl (C=O) groups excluding carboxylic acids is 2. The van der Waals surface area contributed by atoms with E-state index in [9.17, 15) is 14.7 Å². The second kappa shape index (κ2) is 9.19. The first kappa shape index (κ1) is 19.0. The number of rotatable bonds is 8. The van der Waals surface area contributed by atoms with Crippen LogP contribution in [0.1, 0.15) is 28.6 Å². The second-order valence-electron chi connectivity index (χ2n) is 5.54. The Kier molecular flexibility index (Phi) is 6.97. The van der Waals surface area contributed by atoms with Gasteiger partial charge in [-0.25, -0.2) is 4.79 Å². The van der Waals surface area contributed by atoms with E-state index in [1.807, 2.05) is 24.0 Å². The van der Waals surface area contributed by atoms with Gasteiger partial charge in [0.05, 0.1) is 19.3 Å². The molecule has 0 saturated carbocycles. The first-order valence-corrected chi connectivity index (χ1v) is 8.88. The molecule has 134 valence electrons. The first-order chi connectivity index (χ1) is 12.0. The maximum absolute atomic E-state index is 12.4. The summed E-state index contributed by atoms with van der Waals surface area (Å²) in [5.74, 6) is -0.466. The van der Waals surface area contributed by atoms with Crippen LogP contribution in [0.25, 0.3) is 0 Å². The van der Waals surface area contributed by atoms with Gasteiger partial charge in [-0.3, -0.25) is 9.69 Å². The summed E-state index contributed by atoms with van der Waals surface area (Å²) in [5.41, 5.74) is 1.23. The summed E-state index contributed by atoms with van der Waals surface area (Å²) in [6.07, 6.45) is 0.882. The number of nitrogens with one attached hydrogen (secondary N) is 1. The molecule has 0 unspecified atom stereocenters. The summed E-state index contributed by atoms with van der Waals surface area (Å²) in [5, 5.41) is 14.4. The molecule has 0 fully saturated rings. The molecule has 1 heterocycles. The third-order valence-electron chi connectivity index (χ3n) is 3.60. The fourth-order valence-electron chi connectivity index (χ4n) is 2.47. The number of hydrogen-bond donors (Lipinski definition) is 2. The number of benzene rings is 1. The highest BCUT2D eigenvalue weighted by atomic mass is 32.1. The third-order valence-corrected chi connectivity index (χ3v) is 4.50. The largest absolute Gasteiger partial charge is 0.508 e. The normalized spacial score (nSPS) is 10.7. The number of phenolic OH excluding ortho intramolecular Hbond substituents is 1.